The predicted octanol–water partition coefficient (Wildman–Crippen LogP) is 1.60. The molecule has 0 heterocycles. The summed E-state index contributed by atoms with van der Waals surface area (Å²) in [6.45, 7) is 1.29. The van der Waals surface area contributed by atoms with Crippen LogP contribution in [-0.4, -0.2) is 29.8 Å². The number of nitrogens with one attached hydrogen (secondary N) is 2. The van der Waals surface area contributed by atoms with E-state index >= 15 is 0 Å². The van der Waals surface area contributed by atoms with Crippen molar-refractivity contribution >= 4 is 17.5 Å². The molecule has 0 bridgehead atoms. The first-order valence-electron chi connectivity index (χ1n) is 8.11. The maximum atomic E-state index is 12.1. The summed E-state index contributed by atoms with van der Waals surface area (Å²) in [4.78, 5) is 34.2. The molecule has 0 spiro atoms. The number of hydrogen-bond donors (Lipinski definition) is 3. The first-order chi connectivity index (χ1) is 12.5. The third kappa shape index (κ3) is 5.38. The summed E-state index contributed by atoms with van der Waals surface area (Å²) in [5, 5.41) is 16.2. The molecule has 136 valence electrons. The van der Waals surface area contributed by atoms with Crippen LogP contribution in [0.25, 0.3) is 0 Å². The lowest BCUT2D eigenvalue weighted by molar-refractivity contribution is -0.384. The number of non-ortho nitro benzene ring substituents is 1. The summed E-state index contributed by atoms with van der Waals surface area (Å²) in [6.07, 6.45) is 0.716. The fraction of sp³-hybridized carbons (Fsp3) is 0.222. The highest BCUT2D eigenvalue weighted by Crippen LogP contribution is 2.13. The van der Waals surface area contributed by atoms with Gasteiger partial charge < -0.3 is 16.4 Å². The summed E-state index contributed by atoms with van der Waals surface area (Å²) in [7, 11) is 0. The Morgan fingerprint density at radius 1 is 1.00 bits per heavy atom. The second-order valence-corrected chi connectivity index (χ2v) is 5.59. The van der Waals surface area contributed by atoms with Crippen molar-refractivity contribution in [3.8, 4) is 0 Å². The topological polar surface area (TPSA) is 127 Å². The van der Waals surface area contributed by atoms with Crippen molar-refractivity contribution in [2.24, 2.45) is 5.73 Å². The highest BCUT2D eigenvalue weighted by Gasteiger charge is 2.11. The lowest BCUT2D eigenvalue weighted by atomic mass is 10.1. The molecular weight excluding hydrogens is 336 g/mol. The van der Waals surface area contributed by atoms with Crippen molar-refractivity contribution in [1.29, 1.82) is 0 Å². The van der Waals surface area contributed by atoms with Gasteiger partial charge in [0.05, 0.1) is 4.92 Å². The van der Waals surface area contributed by atoms with Gasteiger partial charge in [0.25, 0.3) is 17.5 Å². The van der Waals surface area contributed by atoms with Gasteiger partial charge in [-0.15, -0.1) is 0 Å². The molecular formula is C18H20N4O4. The van der Waals surface area contributed by atoms with E-state index in [1.165, 1.54) is 24.3 Å². The Morgan fingerprint density at radius 3 is 2.35 bits per heavy atom. The smallest absolute Gasteiger partial charge is 0.270 e. The minimum Gasteiger partial charge on any atom is -0.352 e. The van der Waals surface area contributed by atoms with Crippen LogP contribution in [0.2, 0.25) is 0 Å². The number of benzene rings is 2. The van der Waals surface area contributed by atoms with Crippen molar-refractivity contribution in [2.75, 3.05) is 13.1 Å². The molecule has 8 heteroatoms. The normalized spacial score (nSPS) is 10.2. The molecule has 2 rings (SSSR count). The van der Waals surface area contributed by atoms with Gasteiger partial charge in [-0.3, -0.25) is 19.7 Å². The molecule has 0 saturated heterocycles. The molecule has 2 aromatic carbocycles. The van der Waals surface area contributed by atoms with Gasteiger partial charge in [0.2, 0.25) is 0 Å². The average molecular weight is 356 g/mol. The van der Waals surface area contributed by atoms with Crippen LogP contribution in [0.15, 0.2) is 48.5 Å². The van der Waals surface area contributed by atoms with Gasteiger partial charge in [0, 0.05) is 36.3 Å². The summed E-state index contributed by atoms with van der Waals surface area (Å²) in [6, 6.07) is 12.4. The zero-order valence-corrected chi connectivity index (χ0v) is 14.1. The van der Waals surface area contributed by atoms with Crippen LogP contribution in [0.4, 0.5) is 5.69 Å². The van der Waals surface area contributed by atoms with Crippen LogP contribution in [-0.2, 0) is 6.54 Å². The Hall–Kier alpha value is -3.26. The fourth-order valence-corrected chi connectivity index (χ4v) is 2.23. The van der Waals surface area contributed by atoms with Crippen molar-refractivity contribution in [1.82, 2.24) is 10.6 Å². The van der Waals surface area contributed by atoms with E-state index in [2.05, 4.69) is 10.6 Å². The molecule has 2 aromatic rings. The van der Waals surface area contributed by atoms with Crippen molar-refractivity contribution < 1.29 is 14.5 Å². The second-order valence-electron chi connectivity index (χ2n) is 5.59. The van der Waals surface area contributed by atoms with Crippen molar-refractivity contribution in [3.05, 3.63) is 75.3 Å². The molecule has 0 saturated carbocycles. The molecule has 26 heavy (non-hydrogen) atoms. The van der Waals surface area contributed by atoms with Crippen LogP contribution < -0.4 is 16.4 Å². The Labute approximate surface area is 150 Å². The number of carbonyl (C=O) groups excluding carboxylic acids is 2. The number of amides is 2. The molecule has 0 aliphatic heterocycles. The van der Waals surface area contributed by atoms with Crippen molar-refractivity contribution in [2.45, 2.75) is 13.0 Å². The van der Waals surface area contributed by atoms with Crippen LogP contribution in [0.3, 0.4) is 0 Å². The molecule has 2 amide bonds. The number of nitrogens with zero attached hydrogens (tertiary/aromatic N) is 1. The van der Waals surface area contributed by atoms with E-state index < -0.39 is 10.8 Å². The average Bonchev–Trinajstić information content (AvgIpc) is 2.66. The van der Waals surface area contributed by atoms with E-state index in [0.717, 1.165) is 5.56 Å². The van der Waals surface area contributed by atoms with Gasteiger partial charge in [-0.2, -0.15) is 0 Å². The number of nitro groups is 1. The Morgan fingerprint density at radius 2 is 1.69 bits per heavy atom. The molecule has 0 aromatic heterocycles. The maximum Gasteiger partial charge on any atom is 0.270 e. The first kappa shape index (κ1) is 19.1. The third-order valence-corrected chi connectivity index (χ3v) is 3.65. The SMILES string of the molecule is NCCCNC(=O)c1ccc(CNC(=O)c2cccc([N+](=O)[O-])c2)cc1. The zero-order chi connectivity index (χ0) is 18.9. The first-order valence-corrected chi connectivity index (χ1v) is 8.11. The number of rotatable bonds is 8. The van der Waals surface area contributed by atoms with E-state index in [-0.39, 0.29) is 23.7 Å². The molecule has 8 nitrogen and oxygen atoms in total. The fourth-order valence-electron chi connectivity index (χ4n) is 2.23. The molecule has 0 atom stereocenters. The quantitative estimate of drug-likeness (QED) is 0.376. The zero-order valence-electron chi connectivity index (χ0n) is 14.1. The van der Waals surface area contributed by atoms with Crippen LogP contribution >= 0.6 is 0 Å². The standard InChI is InChI=1S/C18H20N4O4/c19-9-2-10-20-17(23)14-7-5-13(6-8-14)12-21-18(24)15-3-1-4-16(11-15)22(25)26/h1,3-8,11H,2,9-10,12,19H2,(H,20,23)(H,21,24). The largest absolute Gasteiger partial charge is 0.352 e. The molecule has 0 aliphatic rings. The van der Waals surface area contributed by atoms with Crippen LogP contribution in [0.1, 0.15) is 32.7 Å². The molecule has 0 unspecified atom stereocenters. The monoisotopic (exact) mass is 356 g/mol. The predicted molar refractivity (Wildman–Crippen MR) is 96.7 cm³/mol. The Balaban J connectivity index is 1.91. The van der Waals surface area contributed by atoms with Gasteiger partial charge >= 0.3 is 0 Å². The van der Waals surface area contributed by atoms with Gasteiger partial charge in [0.1, 0.15) is 0 Å². The van der Waals surface area contributed by atoms with Gasteiger partial charge in [0.15, 0.2) is 0 Å². The number of carbonyl (C=O) groups is 2. The molecule has 4 N–H and O–H groups in total. The van der Waals surface area contributed by atoms with E-state index in [0.29, 0.717) is 25.1 Å². The number of nitrogens with two attached hydrogens (primary N) is 1. The second kappa shape index (κ2) is 9.28. The molecule has 0 aliphatic carbocycles. The van der Waals surface area contributed by atoms with E-state index in [4.69, 9.17) is 5.73 Å². The Kier molecular flexibility index (Phi) is 6.81. The lowest BCUT2D eigenvalue weighted by Crippen LogP contribution is -2.26. The number of hydrogen-bond acceptors (Lipinski definition) is 5. The van der Waals surface area contributed by atoms with E-state index in [9.17, 15) is 19.7 Å². The maximum absolute atomic E-state index is 12.1. The van der Waals surface area contributed by atoms with Crippen molar-refractivity contribution in [3.63, 3.8) is 0 Å². The lowest BCUT2D eigenvalue weighted by Gasteiger charge is -2.07. The van der Waals surface area contributed by atoms with Crippen LogP contribution in [0.5, 0.6) is 0 Å². The van der Waals surface area contributed by atoms with Gasteiger partial charge in [-0.05, 0) is 36.7 Å². The summed E-state index contributed by atoms with van der Waals surface area (Å²) in [5.41, 5.74) is 6.79. The highest BCUT2D eigenvalue weighted by molar-refractivity contribution is 5.95. The summed E-state index contributed by atoms with van der Waals surface area (Å²) >= 11 is 0. The van der Waals surface area contributed by atoms with Crippen LogP contribution in [0, 0.1) is 10.1 Å². The summed E-state index contributed by atoms with van der Waals surface area (Å²) in [5.74, 6) is -0.581. The highest BCUT2D eigenvalue weighted by atomic mass is 16.6. The minimum atomic E-state index is -0.548. The molecule has 0 fully saturated rings. The summed E-state index contributed by atoms with van der Waals surface area (Å²) < 4.78 is 0. The van der Waals surface area contributed by atoms with E-state index in [1.807, 2.05) is 0 Å². The van der Waals surface area contributed by atoms with E-state index in [1.54, 1.807) is 24.3 Å². The minimum absolute atomic E-state index is 0.136. The van der Waals surface area contributed by atoms with Gasteiger partial charge in [-0.1, -0.05) is 18.2 Å². The Bertz CT molecular complexity index is 790. The number of nitro benzene ring substituents is 1. The third-order valence-electron chi connectivity index (χ3n) is 3.65. The van der Waals surface area contributed by atoms with Gasteiger partial charge in [-0.25, -0.2) is 0 Å². The molecule has 0 radical (unpaired) electrons.